The number of hydrogen-bond donors (Lipinski definition) is 2. The summed E-state index contributed by atoms with van der Waals surface area (Å²) in [5.41, 5.74) is -0.925. The van der Waals surface area contributed by atoms with Gasteiger partial charge in [0.25, 0.3) is 16.4 Å². The van der Waals surface area contributed by atoms with Crippen LogP contribution in [0.3, 0.4) is 0 Å². The Kier molecular flexibility index (Phi) is 8.54. The van der Waals surface area contributed by atoms with E-state index in [4.69, 9.17) is 0 Å². The first-order chi connectivity index (χ1) is 23.8. The Balaban J connectivity index is 1.70. The average Bonchev–Trinajstić information content (AvgIpc) is 3.45. The highest BCUT2D eigenvalue weighted by molar-refractivity contribution is 7.90. The van der Waals surface area contributed by atoms with Crippen molar-refractivity contribution in [2.75, 3.05) is 0 Å². The molecule has 0 saturated heterocycles. The van der Waals surface area contributed by atoms with Gasteiger partial charge in [-0.15, -0.1) is 0 Å². The van der Waals surface area contributed by atoms with E-state index in [0.717, 1.165) is 47.3 Å². The first-order valence-electron chi connectivity index (χ1n) is 14.9. The van der Waals surface area contributed by atoms with Gasteiger partial charge in [0.2, 0.25) is 0 Å². The minimum absolute atomic E-state index is 0.00312. The Bertz CT molecular complexity index is 2480. The predicted molar refractivity (Wildman–Crippen MR) is 179 cm³/mol. The van der Waals surface area contributed by atoms with Crippen LogP contribution < -0.4 is 0 Å². The fraction of sp³-hybridized carbons (Fsp3) is 0.0789. The average molecular weight is 692 g/mol. The number of aromatic nitrogens is 1. The molecule has 1 heterocycles. The lowest BCUT2D eigenvalue weighted by Gasteiger charge is -2.19. The van der Waals surface area contributed by atoms with E-state index < -0.39 is 39.4 Å². The molecule has 1 aromatic heterocycles. The van der Waals surface area contributed by atoms with Crippen LogP contribution >= 0.6 is 0 Å². The first kappa shape index (κ1) is 33.7. The minimum atomic E-state index is -4.63. The molecular weight excluding hydrogens is 667 g/mol. The van der Waals surface area contributed by atoms with Gasteiger partial charge in [-0.3, -0.25) is 0 Å². The van der Waals surface area contributed by atoms with Gasteiger partial charge in [0.1, 0.15) is 5.82 Å². The van der Waals surface area contributed by atoms with E-state index in [1.165, 1.54) is 36.4 Å². The Morgan fingerprint density at radius 2 is 1.40 bits per heavy atom. The molecule has 0 fully saturated rings. The smallest absolute Gasteiger partial charge is 0.340 e. The monoisotopic (exact) mass is 691 g/mol. The summed E-state index contributed by atoms with van der Waals surface area (Å²) in [6.07, 6.45) is -2.84. The Hall–Kier alpha value is -6.21. The van der Waals surface area contributed by atoms with Crippen molar-refractivity contribution in [3.05, 3.63) is 137 Å². The Morgan fingerprint density at radius 3 is 1.98 bits per heavy atom. The zero-order valence-electron chi connectivity index (χ0n) is 26.0. The number of fused-ring (bicyclic) bond motifs is 1. The molecule has 50 heavy (non-hydrogen) atoms. The Morgan fingerprint density at radius 1 is 0.800 bits per heavy atom. The van der Waals surface area contributed by atoms with E-state index in [2.05, 4.69) is 0 Å². The largest absolute Gasteiger partial charge is 0.479 e. The summed E-state index contributed by atoms with van der Waals surface area (Å²) in [7, 11) is -4.63. The highest BCUT2D eigenvalue weighted by Gasteiger charge is 2.33. The molecule has 0 amide bonds. The first-order valence-corrected chi connectivity index (χ1v) is 16.3. The summed E-state index contributed by atoms with van der Waals surface area (Å²) in [6, 6.07) is 28.6. The van der Waals surface area contributed by atoms with Gasteiger partial charge in [0.15, 0.2) is 5.60 Å². The predicted octanol–water partition coefficient (Wildman–Crippen LogP) is 7.99. The van der Waals surface area contributed by atoms with Gasteiger partial charge in [-0.2, -0.15) is 10.5 Å². The van der Waals surface area contributed by atoms with Crippen LogP contribution in [-0.2, 0) is 20.4 Å². The van der Waals surface area contributed by atoms with Crippen LogP contribution in [0.2, 0.25) is 0 Å². The van der Waals surface area contributed by atoms with Crippen molar-refractivity contribution in [1.82, 2.24) is 3.97 Å². The second-order valence-corrected chi connectivity index (χ2v) is 13.3. The number of carboxylic acid groups (broad SMARTS) is 1. The van der Waals surface area contributed by atoms with Crippen molar-refractivity contribution < 1.29 is 36.6 Å². The molecule has 0 aliphatic heterocycles. The molecule has 1 unspecified atom stereocenters. The topological polar surface area (TPSA) is 144 Å². The number of nitriles is 2. The van der Waals surface area contributed by atoms with Crippen LogP contribution in [0.25, 0.3) is 44.4 Å². The molecule has 6 aromatic rings. The van der Waals surface area contributed by atoms with Gasteiger partial charge >= 0.3 is 5.97 Å². The molecule has 0 saturated carbocycles. The van der Waals surface area contributed by atoms with Crippen LogP contribution in [0, 0.1) is 28.5 Å². The Labute approximate surface area is 284 Å². The highest BCUT2D eigenvalue weighted by Crippen LogP contribution is 2.46. The summed E-state index contributed by atoms with van der Waals surface area (Å²) in [4.78, 5) is 11.2. The maximum Gasteiger partial charge on any atom is 0.340 e. The molecule has 8 nitrogen and oxygen atoms in total. The maximum atomic E-state index is 15.0. The number of alkyl halides is 2. The molecule has 0 spiro atoms. The van der Waals surface area contributed by atoms with E-state index in [-0.39, 0.29) is 54.9 Å². The molecule has 2 N–H and O–H groups in total. The molecular formula is C38H24F3N3O5S. The van der Waals surface area contributed by atoms with Gasteiger partial charge < -0.3 is 10.2 Å². The molecule has 1 atom stereocenters. The SMILES string of the molecule is CC(O)(C(=O)O)c1ccc(-c2cccc(-c3c(-c4c(C#N)cccc4C#N)c4cc(F)ccc4n3S(=O)(=O)c3ccc(C(F)F)cc3)c2)cc1. The van der Waals surface area contributed by atoms with Crippen molar-refractivity contribution in [2.24, 2.45) is 0 Å². The van der Waals surface area contributed by atoms with Gasteiger partial charge in [0.05, 0.1) is 39.4 Å². The fourth-order valence-corrected chi connectivity index (χ4v) is 7.40. The van der Waals surface area contributed by atoms with Crippen LogP contribution in [0.15, 0.2) is 114 Å². The number of aliphatic carboxylic acids is 1. The van der Waals surface area contributed by atoms with Crippen molar-refractivity contribution in [3.8, 4) is 45.6 Å². The van der Waals surface area contributed by atoms with Crippen molar-refractivity contribution in [2.45, 2.75) is 23.8 Å². The summed E-state index contributed by atoms with van der Waals surface area (Å²) in [5, 5.41) is 40.2. The molecule has 0 aliphatic rings. The van der Waals surface area contributed by atoms with Gasteiger partial charge in [-0.05, 0) is 72.1 Å². The van der Waals surface area contributed by atoms with Crippen molar-refractivity contribution in [3.63, 3.8) is 0 Å². The highest BCUT2D eigenvalue weighted by atomic mass is 32.2. The molecule has 0 radical (unpaired) electrons. The third kappa shape index (κ3) is 5.66. The standard InChI is InChI=1S/C38H24F3N3O5S/c1-38(47,37(45)46)28-12-8-22(9-13-28)24-4-2-5-25(18-24)35-34(33-26(20-42)6-3-7-27(33)21-43)31-19-29(39)14-17-32(31)44(35)50(48,49)30-15-10-23(11-16-30)36(40)41/h2-19,36,47H,1H3,(H,45,46). The molecule has 0 bridgehead atoms. The van der Waals surface area contributed by atoms with Crippen LogP contribution in [0.5, 0.6) is 0 Å². The maximum absolute atomic E-state index is 15.0. The van der Waals surface area contributed by atoms with Crippen LogP contribution in [-0.4, -0.2) is 28.6 Å². The lowest BCUT2D eigenvalue weighted by molar-refractivity contribution is -0.157. The zero-order valence-corrected chi connectivity index (χ0v) is 26.8. The van der Waals surface area contributed by atoms with E-state index in [1.54, 1.807) is 36.4 Å². The van der Waals surface area contributed by atoms with E-state index in [1.807, 2.05) is 12.1 Å². The van der Waals surface area contributed by atoms with Crippen molar-refractivity contribution in [1.29, 1.82) is 10.5 Å². The molecule has 248 valence electrons. The third-order valence-corrected chi connectivity index (χ3v) is 10.2. The molecule has 0 aliphatic carbocycles. The number of nitrogens with zero attached hydrogens (tertiary/aromatic N) is 3. The van der Waals surface area contributed by atoms with Crippen LogP contribution in [0.4, 0.5) is 13.2 Å². The normalized spacial score (nSPS) is 12.7. The van der Waals surface area contributed by atoms with E-state index >= 15 is 4.39 Å². The molecule has 5 aromatic carbocycles. The summed E-state index contributed by atoms with van der Waals surface area (Å²) < 4.78 is 71.9. The van der Waals surface area contributed by atoms with E-state index in [9.17, 15) is 42.7 Å². The summed E-state index contributed by atoms with van der Waals surface area (Å²) in [5.74, 6) is -2.16. The number of rotatable bonds is 8. The lowest BCUT2D eigenvalue weighted by Crippen LogP contribution is -2.31. The molecule has 6 rings (SSSR count). The quantitative estimate of drug-likeness (QED) is 0.165. The van der Waals surface area contributed by atoms with E-state index in [0.29, 0.717) is 11.1 Å². The van der Waals surface area contributed by atoms with Gasteiger partial charge in [0, 0.05) is 27.6 Å². The fourth-order valence-electron chi connectivity index (χ4n) is 5.85. The van der Waals surface area contributed by atoms with Crippen LogP contribution in [0.1, 0.15) is 35.6 Å². The number of carboxylic acids is 1. The minimum Gasteiger partial charge on any atom is -0.479 e. The van der Waals surface area contributed by atoms with Gasteiger partial charge in [-0.1, -0.05) is 60.7 Å². The number of hydrogen-bond acceptors (Lipinski definition) is 6. The zero-order chi connectivity index (χ0) is 36.0. The van der Waals surface area contributed by atoms with Gasteiger partial charge in [-0.25, -0.2) is 30.4 Å². The number of carbonyl (C=O) groups is 1. The number of aliphatic hydroxyl groups is 1. The summed E-state index contributed by atoms with van der Waals surface area (Å²) in [6.45, 7) is 1.14. The number of benzene rings is 5. The van der Waals surface area contributed by atoms with Crippen molar-refractivity contribution >= 4 is 26.9 Å². The second kappa shape index (κ2) is 12.7. The lowest BCUT2D eigenvalue weighted by atomic mass is 9.90. The second-order valence-electron chi connectivity index (χ2n) is 11.5. The number of halogens is 3. The summed E-state index contributed by atoms with van der Waals surface area (Å²) >= 11 is 0. The molecule has 12 heteroatoms. The third-order valence-electron chi connectivity index (χ3n) is 8.45.